The summed E-state index contributed by atoms with van der Waals surface area (Å²) < 4.78 is 0. The van der Waals surface area contributed by atoms with E-state index in [-0.39, 0.29) is 17.6 Å². The van der Waals surface area contributed by atoms with Crippen molar-refractivity contribution in [3.05, 3.63) is 55.7 Å². The molecule has 1 N–H and O–H groups in total. The molecular formula is C20H24ClNOS. The SMILES string of the molecule is CCC(C)C(C(C)=O)c1sc(C)c(C)c1C(=N)c1ccc(Cl)cc1. The van der Waals surface area contributed by atoms with Gasteiger partial charge in [0.25, 0.3) is 0 Å². The van der Waals surface area contributed by atoms with Crippen molar-refractivity contribution in [2.24, 2.45) is 5.92 Å². The number of thiophene rings is 1. The Labute approximate surface area is 153 Å². The van der Waals surface area contributed by atoms with E-state index in [2.05, 4.69) is 20.8 Å². The monoisotopic (exact) mass is 361 g/mol. The van der Waals surface area contributed by atoms with Gasteiger partial charge in [-0.15, -0.1) is 11.3 Å². The lowest BCUT2D eigenvalue weighted by atomic mass is 9.83. The Balaban J connectivity index is 2.59. The Morgan fingerprint density at radius 3 is 2.33 bits per heavy atom. The van der Waals surface area contributed by atoms with E-state index in [0.717, 1.165) is 28.0 Å². The molecular weight excluding hydrogens is 338 g/mol. The normalized spacial score (nSPS) is 13.6. The van der Waals surface area contributed by atoms with Crippen LogP contribution in [0.15, 0.2) is 24.3 Å². The molecule has 0 saturated heterocycles. The van der Waals surface area contributed by atoms with Crippen molar-refractivity contribution in [1.82, 2.24) is 0 Å². The van der Waals surface area contributed by atoms with Gasteiger partial charge < -0.3 is 0 Å². The number of hydrogen-bond acceptors (Lipinski definition) is 3. The number of nitrogens with one attached hydrogen (secondary N) is 1. The van der Waals surface area contributed by atoms with Gasteiger partial charge in [-0.1, -0.05) is 44.0 Å². The lowest BCUT2D eigenvalue weighted by Crippen LogP contribution is -2.19. The van der Waals surface area contributed by atoms with Crippen molar-refractivity contribution < 1.29 is 4.79 Å². The summed E-state index contributed by atoms with van der Waals surface area (Å²) in [7, 11) is 0. The van der Waals surface area contributed by atoms with Crippen molar-refractivity contribution in [3.8, 4) is 0 Å². The first-order valence-electron chi connectivity index (χ1n) is 8.23. The molecule has 4 heteroatoms. The van der Waals surface area contributed by atoms with Crippen LogP contribution in [-0.4, -0.2) is 11.5 Å². The maximum absolute atomic E-state index is 12.3. The topological polar surface area (TPSA) is 40.9 Å². The van der Waals surface area contributed by atoms with Crippen LogP contribution in [0.3, 0.4) is 0 Å². The maximum Gasteiger partial charge on any atom is 0.138 e. The van der Waals surface area contributed by atoms with Crippen LogP contribution < -0.4 is 0 Å². The number of carbonyl (C=O) groups is 1. The number of benzene rings is 1. The summed E-state index contributed by atoms with van der Waals surface area (Å²) in [6.07, 6.45) is 0.938. The lowest BCUT2D eigenvalue weighted by molar-refractivity contribution is -0.119. The van der Waals surface area contributed by atoms with Crippen LogP contribution in [0.2, 0.25) is 5.02 Å². The summed E-state index contributed by atoms with van der Waals surface area (Å²) in [4.78, 5) is 14.5. The van der Waals surface area contributed by atoms with Crippen LogP contribution in [0.25, 0.3) is 0 Å². The first kappa shape index (κ1) is 18.9. The Bertz CT molecular complexity index is 761. The summed E-state index contributed by atoms with van der Waals surface area (Å²) >= 11 is 7.63. The van der Waals surface area contributed by atoms with Gasteiger partial charge in [-0.05, 0) is 44.4 Å². The molecule has 0 spiro atoms. The molecule has 128 valence electrons. The van der Waals surface area contributed by atoms with Crippen molar-refractivity contribution in [1.29, 1.82) is 5.41 Å². The van der Waals surface area contributed by atoms with Crippen LogP contribution >= 0.6 is 22.9 Å². The molecule has 0 aliphatic carbocycles. The average molecular weight is 362 g/mol. The molecule has 0 radical (unpaired) electrons. The predicted octanol–water partition coefficient (Wildman–Crippen LogP) is 6.15. The molecule has 0 fully saturated rings. The third-order valence-electron chi connectivity index (χ3n) is 4.73. The Hall–Kier alpha value is -1.45. The fraction of sp³-hybridized carbons (Fsp3) is 0.400. The molecule has 0 aliphatic rings. The van der Waals surface area contributed by atoms with Gasteiger partial charge in [0.05, 0.1) is 11.6 Å². The summed E-state index contributed by atoms with van der Waals surface area (Å²) in [6, 6.07) is 7.34. The number of Topliss-reactive ketones (excluding diaryl/α,β-unsaturated/α-hetero) is 1. The van der Waals surface area contributed by atoms with Crippen LogP contribution in [0.4, 0.5) is 0 Å². The van der Waals surface area contributed by atoms with Crippen LogP contribution in [-0.2, 0) is 4.79 Å². The molecule has 1 heterocycles. The summed E-state index contributed by atoms with van der Waals surface area (Å²) in [6.45, 7) is 10.0. The second-order valence-corrected chi connectivity index (χ2v) is 8.07. The number of halogens is 1. The summed E-state index contributed by atoms with van der Waals surface area (Å²) in [5, 5.41) is 9.38. The van der Waals surface area contributed by atoms with E-state index in [9.17, 15) is 4.79 Å². The molecule has 0 bridgehead atoms. The van der Waals surface area contributed by atoms with E-state index in [0.29, 0.717) is 10.7 Å². The van der Waals surface area contributed by atoms with E-state index < -0.39 is 0 Å². The fourth-order valence-corrected chi connectivity index (χ4v) is 4.62. The van der Waals surface area contributed by atoms with Gasteiger partial charge in [0.15, 0.2) is 0 Å². The number of ketones is 1. The number of rotatable bonds is 6. The molecule has 1 aromatic heterocycles. The highest BCUT2D eigenvalue weighted by Crippen LogP contribution is 2.39. The van der Waals surface area contributed by atoms with Crippen LogP contribution in [0.5, 0.6) is 0 Å². The minimum atomic E-state index is -0.143. The van der Waals surface area contributed by atoms with E-state index >= 15 is 0 Å². The van der Waals surface area contributed by atoms with Crippen molar-refractivity contribution in [2.75, 3.05) is 0 Å². The summed E-state index contributed by atoms with van der Waals surface area (Å²) in [5.74, 6) is 0.294. The minimum Gasteiger partial charge on any atom is -0.300 e. The Kier molecular flexibility index (Phi) is 6.00. The summed E-state index contributed by atoms with van der Waals surface area (Å²) in [5.41, 5.74) is 3.32. The number of aryl methyl sites for hydroxylation is 1. The van der Waals surface area contributed by atoms with E-state index in [1.165, 1.54) is 4.88 Å². The van der Waals surface area contributed by atoms with Gasteiger partial charge in [0.2, 0.25) is 0 Å². The zero-order valence-corrected chi connectivity index (χ0v) is 16.4. The van der Waals surface area contributed by atoms with Gasteiger partial charge in [-0.2, -0.15) is 0 Å². The molecule has 2 nitrogen and oxygen atoms in total. The molecule has 1 aromatic carbocycles. The predicted molar refractivity (Wildman–Crippen MR) is 104 cm³/mol. The zero-order chi connectivity index (χ0) is 18.0. The molecule has 0 saturated carbocycles. The highest BCUT2D eigenvalue weighted by molar-refractivity contribution is 7.12. The van der Waals surface area contributed by atoms with Gasteiger partial charge in [0.1, 0.15) is 5.78 Å². The highest BCUT2D eigenvalue weighted by atomic mass is 35.5. The number of carbonyl (C=O) groups excluding carboxylic acids is 1. The fourth-order valence-electron chi connectivity index (χ4n) is 3.02. The number of hydrogen-bond donors (Lipinski definition) is 1. The van der Waals surface area contributed by atoms with Gasteiger partial charge in [0, 0.05) is 25.9 Å². The molecule has 2 atom stereocenters. The largest absolute Gasteiger partial charge is 0.300 e. The van der Waals surface area contributed by atoms with Crippen molar-refractivity contribution >= 4 is 34.4 Å². The zero-order valence-electron chi connectivity index (χ0n) is 14.9. The molecule has 2 rings (SSSR count). The van der Waals surface area contributed by atoms with E-state index in [1.54, 1.807) is 30.4 Å². The van der Waals surface area contributed by atoms with E-state index in [4.69, 9.17) is 17.0 Å². The van der Waals surface area contributed by atoms with Gasteiger partial charge >= 0.3 is 0 Å². The third-order valence-corrected chi connectivity index (χ3v) is 6.27. The average Bonchev–Trinajstić information content (AvgIpc) is 2.82. The minimum absolute atomic E-state index is 0.143. The highest BCUT2D eigenvalue weighted by Gasteiger charge is 2.30. The molecule has 0 aliphatic heterocycles. The first-order valence-corrected chi connectivity index (χ1v) is 9.42. The van der Waals surface area contributed by atoms with Gasteiger partial charge in [-0.25, -0.2) is 0 Å². The second-order valence-electron chi connectivity index (χ2n) is 6.38. The molecule has 0 amide bonds. The maximum atomic E-state index is 12.3. The molecule has 2 unspecified atom stereocenters. The Morgan fingerprint density at radius 1 is 1.25 bits per heavy atom. The smallest absolute Gasteiger partial charge is 0.138 e. The standard InChI is InChI=1S/C20H24ClNOS/c1-6-11(2)17(13(4)23)20-18(12(3)14(5)24-20)19(22)15-7-9-16(21)10-8-15/h7-11,17,22H,6H2,1-5H3. The Morgan fingerprint density at radius 2 is 1.83 bits per heavy atom. The van der Waals surface area contributed by atoms with Crippen molar-refractivity contribution in [3.63, 3.8) is 0 Å². The van der Waals surface area contributed by atoms with Gasteiger partial charge in [-0.3, -0.25) is 10.2 Å². The second kappa shape index (κ2) is 7.62. The van der Waals surface area contributed by atoms with E-state index in [1.807, 2.05) is 19.1 Å². The van der Waals surface area contributed by atoms with Crippen LogP contribution in [0, 0.1) is 25.2 Å². The quantitative estimate of drug-likeness (QED) is 0.615. The van der Waals surface area contributed by atoms with Crippen LogP contribution in [0.1, 0.15) is 59.6 Å². The third kappa shape index (κ3) is 3.62. The van der Waals surface area contributed by atoms with Crippen molar-refractivity contribution in [2.45, 2.75) is 47.0 Å². The molecule has 24 heavy (non-hydrogen) atoms. The lowest BCUT2D eigenvalue weighted by Gasteiger charge is -2.21. The first-order chi connectivity index (χ1) is 11.3. The molecule has 2 aromatic rings.